The van der Waals surface area contributed by atoms with Gasteiger partial charge in [0, 0.05) is 0 Å². The molecule has 12 nitrogen and oxygen atoms in total. The number of nitrogens with one attached hydrogen (secondary N) is 3. The number of carboxylic acids is 1. The van der Waals surface area contributed by atoms with Gasteiger partial charge < -0.3 is 37.6 Å². The predicted molar refractivity (Wildman–Crippen MR) is 97.4 cm³/mol. The fourth-order valence-corrected chi connectivity index (χ4v) is 2.25. The molecule has 0 spiro atoms. The molecule has 0 aromatic rings. The van der Waals surface area contributed by atoms with E-state index in [9.17, 15) is 34.2 Å². The van der Waals surface area contributed by atoms with Crippen LogP contribution < -0.4 is 27.4 Å². The number of aliphatic hydroxyl groups excluding tert-OH is 1. The third-order valence-electron chi connectivity index (χ3n) is 4.08. The standard InChI is InChI=1S/C16H29N5O7/c1-4-7(2)12(16(27)28)21-14(25)9(5-10(18)23)19-15(26)13(8(3)22)20-11(24)6-17/h7-9,12-13,22H,4-6,17H2,1-3H3,(H2,18,23)(H,19,26)(H,20,24)(H,21,25)(H,27,28). The third-order valence-corrected chi connectivity index (χ3v) is 4.08. The zero-order valence-corrected chi connectivity index (χ0v) is 16.1. The van der Waals surface area contributed by atoms with Crippen LogP contribution in [0.3, 0.4) is 0 Å². The van der Waals surface area contributed by atoms with Crippen LogP contribution in [0.15, 0.2) is 0 Å². The first kappa shape index (κ1) is 25.3. The van der Waals surface area contributed by atoms with Gasteiger partial charge >= 0.3 is 5.97 Å². The average molecular weight is 403 g/mol. The first-order valence-corrected chi connectivity index (χ1v) is 8.73. The minimum atomic E-state index is -1.49. The maximum atomic E-state index is 12.5. The van der Waals surface area contributed by atoms with E-state index in [1.165, 1.54) is 6.92 Å². The molecule has 0 fully saturated rings. The highest BCUT2D eigenvalue weighted by atomic mass is 16.4. The van der Waals surface area contributed by atoms with E-state index in [1.54, 1.807) is 13.8 Å². The first-order chi connectivity index (χ1) is 12.9. The molecule has 0 aliphatic carbocycles. The molecule has 28 heavy (non-hydrogen) atoms. The lowest BCUT2D eigenvalue weighted by Crippen LogP contribution is -2.59. The minimum Gasteiger partial charge on any atom is -0.480 e. The summed E-state index contributed by atoms with van der Waals surface area (Å²) in [5.74, 6) is -5.23. The maximum absolute atomic E-state index is 12.5. The molecule has 0 aromatic heterocycles. The van der Waals surface area contributed by atoms with E-state index in [0.717, 1.165) is 0 Å². The van der Waals surface area contributed by atoms with Crippen molar-refractivity contribution in [3.63, 3.8) is 0 Å². The zero-order chi connectivity index (χ0) is 22.0. The fraction of sp³-hybridized carbons (Fsp3) is 0.688. The summed E-state index contributed by atoms with van der Waals surface area (Å²) in [5.41, 5.74) is 10.3. The Bertz CT molecular complexity index is 596. The number of rotatable bonds is 12. The van der Waals surface area contributed by atoms with Crippen molar-refractivity contribution < 1.29 is 34.2 Å². The van der Waals surface area contributed by atoms with Crippen molar-refractivity contribution >= 4 is 29.6 Å². The highest BCUT2D eigenvalue weighted by Gasteiger charge is 2.33. The molecule has 160 valence electrons. The summed E-state index contributed by atoms with van der Waals surface area (Å²) in [7, 11) is 0. The number of carboxylic acid groups (broad SMARTS) is 1. The number of amides is 4. The summed E-state index contributed by atoms with van der Waals surface area (Å²) in [6.07, 6.45) is -1.49. The number of aliphatic carboxylic acids is 1. The topological polar surface area (TPSA) is 214 Å². The SMILES string of the molecule is CCC(C)C(NC(=O)C(CC(N)=O)NC(=O)C(NC(=O)CN)C(C)O)C(=O)O. The van der Waals surface area contributed by atoms with Crippen molar-refractivity contribution in [3.05, 3.63) is 0 Å². The molecule has 0 aliphatic rings. The van der Waals surface area contributed by atoms with Gasteiger partial charge in [-0.05, 0) is 12.8 Å². The quantitative estimate of drug-likeness (QED) is 0.175. The summed E-state index contributed by atoms with van der Waals surface area (Å²) in [5, 5.41) is 25.6. The molecule has 0 rings (SSSR count). The van der Waals surface area contributed by atoms with E-state index < -0.39 is 72.7 Å². The molecule has 0 saturated heterocycles. The van der Waals surface area contributed by atoms with Crippen LogP contribution in [0, 0.1) is 5.92 Å². The Kier molecular flexibility index (Phi) is 10.7. The van der Waals surface area contributed by atoms with Gasteiger partial charge in [0.25, 0.3) is 0 Å². The van der Waals surface area contributed by atoms with Crippen molar-refractivity contribution in [3.8, 4) is 0 Å². The number of hydrogen-bond acceptors (Lipinski definition) is 7. The van der Waals surface area contributed by atoms with E-state index in [1.807, 2.05) is 0 Å². The predicted octanol–water partition coefficient (Wildman–Crippen LogP) is -3.21. The van der Waals surface area contributed by atoms with Gasteiger partial charge in [0.1, 0.15) is 18.1 Å². The van der Waals surface area contributed by atoms with Gasteiger partial charge in [-0.1, -0.05) is 20.3 Å². The highest BCUT2D eigenvalue weighted by molar-refractivity contribution is 5.96. The molecule has 0 aromatic carbocycles. The van der Waals surface area contributed by atoms with E-state index in [2.05, 4.69) is 16.0 Å². The lowest BCUT2D eigenvalue weighted by Gasteiger charge is -2.26. The number of aliphatic hydroxyl groups is 1. The van der Waals surface area contributed by atoms with Crippen LogP contribution in [0.5, 0.6) is 0 Å². The highest BCUT2D eigenvalue weighted by Crippen LogP contribution is 2.09. The molecule has 9 N–H and O–H groups in total. The van der Waals surface area contributed by atoms with E-state index in [0.29, 0.717) is 6.42 Å². The van der Waals surface area contributed by atoms with Gasteiger partial charge in [-0.15, -0.1) is 0 Å². The number of nitrogens with two attached hydrogens (primary N) is 2. The van der Waals surface area contributed by atoms with Crippen LogP contribution >= 0.6 is 0 Å². The Labute approximate surface area is 162 Å². The number of carbonyl (C=O) groups is 5. The lowest BCUT2D eigenvalue weighted by atomic mass is 9.98. The van der Waals surface area contributed by atoms with Gasteiger partial charge in [0.05, 0.1) is 19.1 Å². The molecule has 0 aliphatic heterocycles. The summed E-state index contributed by atoms with van der Waals surface area (Å²) < 4.78 is 0. The summed E-state index contributed by atoms with van der Waals surface area (Å²) in [6, 6.07) is -4.18. The maximum Gasteiger partial charge on any atom is 0.326 e. The monoisotopic (exact) mass is 403 g/mol. The van der Waals surface area contributed by atoms with Gasteiger partial charge in [0.2, 0.25) is 23.6 Å². The Morgan fingerprint density at radius 2 is 1.54 bits per heavy atom. The number of hydrogen-bond donors (Lipinski definition) is 7. The Morgan fingerprint density at radius 3 is 1.93 bits per heavy atom. The average Bonchev–Trinajstić information content (AvgIpc) is 2.61. The van der Waals surface area contributed by atoms with Crippen molar-refractivity contribution in [1.82, 2.24) is 16.0 Å². The molecular weight excluding hydrogens is 374 g/mol. The number of carbonyl (C=O) groups excluding carboxylic acids is 4. The second-order valence-electron chi connectivity index (χ2n) is 6.43. The Balaban J connectivity index is 5.41. The molecule has 0 radical (unpaired) electrons. The van der Waals surface area contributed by atoms with Crippen LogP contribution in [-0.2, 0) is 24.0 Å². The van der Waals surface area contributed by atoms with E-state index in [4.69, 9.17) is 11.5 Å². The molecule has 0 bridgehead atoms. The zero-order valence-electron chi connectivity index (χ0n) is 16.1. The summed E-state index contributed by atoms with van der Waals surface area (Å²) in [4.78, 5) is 58.9. The molecule has 5 atom stereocenters. The van der Waals surface area contributed by atoms with Crippen LogP contribution in [0.4, 0.5) is 0 Å². The largest absolute Gasteiger partial charge is 0.480 e. The van der Waals surface area contributed by atoms with Gasteiger partial charge in [-0.3, -0.25) is 19.2 Å². The minimum absolute atomic E-state index is 0.416. The third kappa shape index (κ3) is 8.31. The summed E-state index contributed by atoms with van der Waals surface area (Å²) >= 11 is 0. The molecule has 0 saturated carbocycles. The molecular formula is C16H29N5O7. The van der Waals surface area contributed by atoms with Crippen molar-refractivity contribution in [2.45, 2.75) is 57.8 Å². The Morgan fingerprint density at radius 1 is 0.964 bits per heavy atom. The molecule has 4 amide bonds. The fourth-order valence-electron chi connectivity index (χ4n) is 2.25. The molecule has 0 heterocycles. The van der Waals surface area contributed by atoms with E-state index >= 15 is 0 Å². The normalized spacial score (nSPS) is 16.0. The number of primary amides is 1. The van der Waals surface area contributed by atoms with Gasteiger partial charge in [-0.2, -0.15) is 0 Å². The van der Waals surface area contributed by atoms with Crippen molar-refractivity contribution in [2.24, 2.45) is 17.4 Å². The second kappa shape index (κ2) is 11.9. The molecule has 5 unspecified atom stereocenters. The smallest absolute Gasteiger partial charge is 0.326 e. The van der Waals surface area contributed by atoms with Crippen molar-refractivity contribution in [1.29, 1.82) is 0 Å². The van der Waals surface area contributed by atoms with Crippen LogP contribution in [0.1, 0.15) is 33.6 Å². The van der Waals surface area contributed by atoms with Crippen molar-refractivity contribution in [2.75, 3.05) is 6.54 Å². The van der Waals surface area contributed by atoms with Crippen LogP contribution in [-0.4, -0.2) is 70.6 Å². The van der Waals surface area contributed by atoms with E-state index in [-0.39, 0.29) is 0 Å². The van der Waals surface area contributed by atoms with Gasteiger partial charge in [0.15, 0.2) is 0 Å². The summed E-state index contributed by atoms with van der Waals surface area (Å²) in [6.45, 7) is 4.15. The second-order valence-corrected chi connectivity index (χ2v) is 6.43. The molecule has 12 heteroatoms. The van der Waals surface area contributed by atoms with Crippen LogP contribution in [0.25, 0.3) is 0 Å². The first-order valence-electron chi connectivity index (χ1n) is 8.73. The van der Waals surface area contributed by atoms with Crippen LogP contribution in [0.2, 0.25) is 0 Å². The Hall–Kier alpha value is -2.73. The van der Waals surface area contributed by atoms with Gasteiger partial charge in [-0.25, -0.2) is 4.79 Å². The lowest BCUT2D eigenvalue weighted by molar-refractivity contribution is -0.144.